The molecule has 0 aromatic heterocycles. The molecule has 3 aliphatic carbocycles. The molecule has 0 heterocycles. The third kappa shape index (κ3) is 4.41. The molecule has 1 aromatic carbocycles. The molecule has 1 aromatic rings. The average Bonchev–Trinajstić information content (AvgIpc) is 2.72. The first-order chi connectivity index (χ1) is 13.3. The quantitative estimate of drug-likeness (QED) is 0.472. The molecule has 0 spiro atoms. The second-order valence-corrected chi connectivity index (χ2v) is 9.65. The SMILES string of the molecule is C=Cc1ccc2c(c1)CCC(C1CCC3CC(CC/C=C/C)CCC3C1)C2. The van der Waals surface area contributed by atoms with Crippen LogP contribution in [0, 0.1) is 29.6 Å². The summed E-state index contributed by atoms with van der Waals surface area (Å²) in [7, 11) is 0. The van der Waals surface area contributed by atoms with Crippen molar-refractivity contribution in [2.24, 2.45) is 29.6 Å². The zero-order valence-corrected chi connectivity index (χ0v) is 17.3. The van der Waals surface area contributed by atoms with E-state index in [0.29, 0.717) is 0 Å². The summed E-state index contributed by atoms with van der Waals surface area (Å²) in [4.78, 5) is 0. The lowest BCUT2D eigenvalue weighted by atomic mass is 9.61. The Hall–Kier alpha value is -1.30. The highest BCUT2D eigenvalue weighted by molar-refractivity contribution is 5.50. The number of hydrogen-bond acceptors (Lipinski definition) is 0. The lowest BCUT2D eigenvalue weighted by Crippen LogP contribution is -2.35. The molecule has 27 heavy (non-hydrogen) atoms. The smallest absolute Gasteiger partial charge is 0.0245 e. The molecule has 3 aliphatic rings. The second-order valence-electron chi connectivity index (χ2n) is 9.65. The van der Waals surface area contributed by atoms with Crippen molar-refractivity contribution in [3.05, 3.63) is 53.6 Å². The number of benzene rings is 1. The molecule has 0 heteroatoms. The van der Waals surface area contributed by atoms with Crippen LogP contribution in [0.2, 0.25) is 0 Å². The Kier molecular flexibility index (Phi) is 6.21. The van der Waals surface area contributed by atoms with Crippen molar-refractivity contribution >= 4 is 6.08 Å². The molecule has 0 saturated heterocycles. The Bertz CT molecular complexity index is 667. The van der Waals surface area contributed by atoms with Gasteiger partial charge < -0.3 is 0 Å². The van der Waals surface area contributed by atoms with Gasteiger partial charge in [0, 0.05) is 0 Å². The van der Waals surface area contributed by atoms with Gasteiger partial charge in [0.1, 0.15) is 0 Å². The van der Waals surface area contributed by atoms with Crippen LogP contribution in [0.15, 0.2) is 36.9 Å². The van der Waals surface area contributed by atoms with Crippen LogP contribution in [0.1, 0.15) is 81.4 Å². The average molecular weight is 363 g/mol. The second kappa shape index (κ2) is 8.80. The standard InChI is InChI=1S/C27H38/c1-3-5-6-7-21-9-11-25-19-27(15-13-23(25)17-21)26-14-12-22-16-20(4-2)8-10-24(22)18-26/h3-5,8,10,16,21,23,25-27H,2,6-7,9,11-15,17-19H2,1H3/b5-3+. The number of hydrogen-bond donors (Lipinski definition) is 0. The summed E-state index contributed by atoms with van der Waals surface area (Å²) in [5, 5.41) is 0. The minimum absolute atomic E-state index is 0.945. The van der Waals surface area contributed by atoms with Crippen LogP contribution in [0.5, 0.6) is 0 Å². The van der Waals surface area contributed by atoms with Crippen LogP contribution < -0.4 is 0 Å². The van der Waals surface area contributed by atoms with E-state index in [9.17, 15) is 0 Å². The van der Waals surface area contributed by atoms with Gasteiger partial charge in [0.2, 0.25) is 0 Å². The number of fused-ring (bicyclic) bond motifs is 2. The summed E-state index contributed by atoms with van der Waals surface area (Å²) in [5.74, 6) is 5.06. The summed E-state index contributed by atoms with van der Waals surface area (Å²) in [6.45, 7) is 6.08. The predicted molar refractivity (Wildman–Crippen MR) is 118 cm³/mol. The lowest BCUT2D eigenvalue weighted by Gasteiger charge is -2.45. The van der Waals surface area contributed by atoms with Gasteiger partial charge in [-0.25, -0.2) is 0 Å². The molecule has 0 radical (unpaired) electrons. The van der Waals surface area contributed by atoms with Gasteiger partial charge in [-0.3, -0.25) is 0 Å². The van der Waals surface area contributed by atoms with Gasteiger partial charge in [0.25, 0.3) is 0 Å². The maximum atomic E-state index is 3.93. The summed E-state index contributed by atoms with van der Waals surface area (Å²) in [5.41, 5.74) is 4.52. The monoisotopic (exact) mass is 362 g/mol. The van der Waals surface area contributed by atoms with E-state index in [1.54, 1.807) is 11.1 Å². The van der Waals surface area contributed by atoms with Crippen molar-refractivity contribution in [2.75, 3.05) is 0 Å². The molecule has 0 aliphatic heterocycles. The summed E-state index contributed by atoms with van der Waals surface area (Å²) in [6, 6.07) is 7.03. The van der Waals surface area contributed by atoms with E-state index in [4.69, 9.17) is 0 Å². The van der Waals surface area contributed by atoms with E-state index in [-0.39, 0.29) is 0 Å². The minimum atomic E-state index is 0.945. The number of aryl methyl sites for hydroxylation is 1. The predicted octanol–water partition coefficient (Wildman–Crippen LogP) is 7.62. The van der Waals surface area contributed by atoms with Crippen molar-refractivity contribution in [1.29, 1.82) is 0 Å². The Labute approximate surface area is 167 Å². The third-order valence-electron chi connectivity index (χ3n) is 8.14. The first kappa shape index (κ1) is 19.0. The normalized spacial score (nSPS) is 33.4. The third-order valence-corrected chi connectivity index (χ3v) is 8.14. The highest BCUT2D eigenvalue weighted by Gasteiger charge is 2.38. The zero-order valence-electron chi connectivity index (χ0n) is 17.3. The maximum absolute atomic E-state index is 3.93. The van der Waals surface area contributed by atoms with Gasteiger partial charge in [-0.15, -0.1) is 0 Å². The van der Waals surface area contributed by atoms with E-state index >= 15 is 0 Å². The Morgan fingerprint density at radius 1 is 0.926 bits per heavy atom. The largest absolute Gasteiger partial charge is 0.0985 e. The molecule has 4 rings (SSSR count). The number of allylic oxidation sites excluding steroid dienone is 2. The topological polar surface area (TPSA) is 0 Å². The maximum Gasteiger partial charge on any atom is -0.0245 e. The first-order valence-corrected chi connectivity index (χ1v) is 11.6. The molecule has 0 bridgehead atoms. The van der Waals surface area contributed by atoms with Crippen molar-refractivity contribution in [3.63, 3.8) is 0 Å². The fourth-order valence-corrected chi connectivity index (χ4v) is 6.54. The van der Waals surface area contributed by atoms with Gasteiger partial charge in [-0.05, 0) is 117 Å². The van der Waals surface area contributed by atoms with E-state index < -0.39 is 0 Å². The molecule has 5 atom stereocenters. The van der Waals surface area contributed by atoms with Crippen LogP contribution in [0.25, 0.3) is 6.08 Å². The van der Waals surface area contributed by atoms with Gasteiger partial charge in [-0.1, -0.05) is 49.4 Å². The molecule has 2 fully saturated rings. The van der Waals surface area contributed by atoms with E-state index in [1.807, 2.05) is 6.08 Å². The van der Waals surface area contributed by atoms with Crippen LogP contribution in [0.4, 0.5) is 0 Å². The summed E-state index contributed by atoms with van der Waals surface area (Å²) >= 11 is 0. The van der Waals surface area contributed by atoms with Crippen LogP contribution in [-0.4, -0.2) is 0 Å². The molecule has 146 valence electrons. The molecular formula is C27H38. The van der Waals surface area contributed by atoms with Crippen LogP contribution >= 0.6 is 0 Å². The Morgan fingerprint density at radius 3 is 2.52 bits per heavy atom. The fourth-order valence-electron chi connectivity index (χ4n) is 6.54. The van der Waals surface area contributed by atoms with E-state index in [1.165, 1.54) is 76.2 Å². The highest BCUT2D eigenvalue weighted by Crippen LogP contribution is 2.49. The highest BCUT2D eigenvalue weighted by atomic mass is 14.4. The van der Waals surface area contributed by atoms with Gasteiger partial charge in [0.15, 0.2) is 0 Å². The fraction of sp³-hybridized carbons (Fsp3) is 0.630. The summed E-state index contributed by atoms with van der Waals surface area (Å²) in [6.07, 6.45) is 22.5. The first-order valence-electron chi connectivity index (χ1n) is 11.6. The molecule has 5 unspecified atom stereocenters. The lowest BCUT2D eigenvalue weighted by molar-refractivity contribution is 0.0699. The summed E-state index contributed by atoms with van der Waals surface area (Å²) < 4.78 is 0. The zero-order chi connectivity index (χ0) is 18.6. The van der Waals surface area contributed by atoms with Crippen molar-refractivity contribution in [1.82, 2.24) is 0 Å². The Morgan fingerprint density at radius 2 is 1.70 bits per heavy atom. The number of rotatable bonds is 5. The van der Waals surface area contributed by atoms with Crippen molar-refractivity contribution in [3.8, 4) is 0 Å². The molecule has 0 nitrogen and oxygen atoms in total. The van der Waals surface area contributed by atoms with Crippen molar-refractivity contribution in [2.45, 2.75) is 77.6 Å². The van der Waals surface area contributed by atoms with Gasteiger partial charge >= 0.3 is 0 Å². The van der Waals surface area contributed by atoms with Crippen LogP contribution in [0.3, 0.4) is 0 Å². The molecule has 2 saturated carbocycles. The van der Waals surface area contributed by atoms with Crippen molar-refractivity contribution < 1.29 is 0 Å². The minimum Gasteiger partial charge on any atom is -0.0985 e. The molecular weight excluding hydrogens is 324 g/mol. The Balaban J connectivity index is 1.32. The molecule has 0 N–H and O–H groups in total. The van der Waals surface area contributed by atoms with E-state index in [2.05, 4.69) is 43.9 Å². The van der Waals surface area contributed by atoms with Crippen LogP contribution in [-0.2, 0) is 12.8 Å². The van der Waals surface area contributed by atoms with E-state index in [0.717, 1.165) is 29.6 Å². The van der Waals surface area contributed by atoms with Gasteiger partial charge in [0.05, 0.1) is 0 Å². The van der Waals surface area contributed by atoms with Gasteiger partial charge in [-0.2, -0.15) is 0 Å². The molecule has 0 amide bonds.